The van der Waals surface area contributed by atoms with E-state index < -0.39 is 12.0 Å². The first-order valence-corrected chi connectivity index (χ1v) is 7.63. The molecule has 1 heterocycles. The summed E-state index contributed by atoms with van der Waals surface area (Å²) in [5.41, 5.74) is 0. The number of carbonyl (C=O) groups is 3. The zero-order valence-electron chi connectivity index (χ0n) is 13.1. The van der Waals surface area contributed by atoms with Crippen LogP contribution in [0.25, 0.3) is 0 Å². The summed E-state index contributed by atoms with van der Waals surface area (Å²) in [7, 11) is 0. The molecule has 0 saturated carbocycles. The van der Waals surface area contributed by atoms with E-state index in [1.165, 1.54) is 0 Å². The molecule has 2 amide bonds. The van der Waals surface area contributed by atoms with Crippen LogP contribution in [0.5, 0.6) is 0 Å². The number of nitrogens with one attached hydrogen (secondary N) is 2. The van der Waals surface area contributed by atoms with Crippen molar-refractivity contribution in [2.45, 2.75) is 32.2 Å². The summed E-state index contributed by atoms with van der Waals surface area (Å²) in [4.78, 5) is 37.0. The summed E-state index contributed by atoms with van der Waals surface area (Å²) in [5.74, 6) is -0.890. The van der Waals surface area contributed by atoms with Gasteiger partial charge in [0.05, 0.1) is 19.1 Å². The van der Waals surface area contributed by atoms with Gasteiger partial charge in [0.1, 0.15) is 6.54 Å². The van der Waals surface area contributed by atoms with Crippen LogP contribution in [0.15, 0.2) is 12.7 Å². The first-order chi connectivity index (χ1) is 10.6. The maximum atomic E-state index is 12.3. The van der Waals surface area contributed by atoms with E-state index in [1.54, 1.807) is 11.8 Å². The third-order valence-electron chi connectivity index (χ3n) is 3.34. The van der Waals surface area contributed by atoms with Crippen molar-refractivity contribution in [3.05, 3.63) is 12.7 Å². The van der Waals surface area contributed by atoms with E-state index in [0.717, 1.165) is 12.8 Å². The quantitative estimate of drug-likeness (QED) is 0.350. The topological polar surface area (TPSA) is 87.7 Å². The number of nitrogens with zero attached hydrogens (tertiary/aromatic N) is 1. The highest BCUT2D eigenvalue weighted by molar-refractivity contribution is 5.90. The second-order valence-electron chi connectivity index (χ2n) is 5.05. The number of allylic oxidation sites excluding steroid dienone is 1. The third-order valence-corrected chi connectivity index (χ3v) is 3.34. The van der Waals surface area contributed by atoms with Crippen molar-refractivity contribution in [3.63, 3.8) is 0 Å². The Kier molecular flexibility index (Phi) is 8.21. The molecule has 7 nitrogen and oxygen atoms in total. The van der Waals surface area contributed by atoms with Crippen LogP contribution >= 0.6 is 0 Å². The zero-order valence-corrected chi connectivity index (χ0v) is 13.1. The standard InChI is InChI=1S/C15H25N3O4/c1-3-5-6-8-18-9-7-16-12(15(18)21)10-13(19)17-11-14(20)22-4-2/h3,12,16H,1,4-11H2,2H3,(H,17,19). The predicted molar refractivity (Wildman–Crippen MR) is 82.1 cm³/mol. The first kappa shape index (κ1) is 18.2. The average molecular weight is 311 g/mol. The summed E-state index contributed by atoms with van der Waals surface area (Å²) in [6, 6.07) is -0.528. The van der Waals surface area contributed by atoms with Crippen molar-refractivity contribution in [1.29, 1.82) is 0 Å². The Balaban J connectivity index is 2.37. The van der Waals surface area contributed by atoms with Crippen molar-refractivity contribution in [2.24, 2.45) is 0 Å². The van der Waals surface area contributed by atoms with E-state index in [9.17, 15) is 14.4 Å². The van der Waals surface area contributed by atoms with Gasteiger partial charge in [-0.05, 0) is 19.8 Å². The largest absolute Gasteiger partial charge is 0.465 e. The molecule has 22 heavy (non-hydrogen) atoms. The second-order valence-corrected chi connectivity index (χ2v) is 5.05. The van der Waals surface area contributed by atoms with Gasteiger partial charge in [-0.1, -0.05) is 6.08 Å². The lowest BCUT2D eigenvalue weighted by atomic mass is 10.1. The van der Waals surface area contributed by atoms with E-state index in [0.29, 0.717) is 19.6 Å². The predicted octanol–water partition coefficient (Wildman–Crippen LogP) is -0.178. The molecule has 0 bridgehead atoms. The highest BCUT2D eigenvalue weighted by Crippen LogP contribution is 2.07. The maximum Gasteiger partial charge on any atom is 0.325 e. The van der Waals surface area contributed by atoms with E-state index in [4.69, 9.17) is 4.74 Å². The fourth-order valence-electron chi connectivity index (χ4n) is 2.24. The SMILES string of the molecule is C=CCCCN1CCNC(CC(=O)NCC(=O)OCC)C1=O. The Morgan fingerprint density at radius 1 is 1.55 bits per heavy atom. The molecule has 124 valence electrons. The molecule has 1 fully saturated rings. The van der Waals surface area contributed by atoms with Crippen LogP contribution in [0.3, 0.4) is 0 Å². The van der Waals surface area contributed by atoms with Crippen LogP contribution in [-0.2, 0) is 19.1 Å². The lowest BCUT2D eigenvalue weighted by molar-refractivity contribution is -0.143. The van der Waals surface area contributed by atoms with Crippen LogP contribution < -0.4 is 10.6 Å². The fourth-order valence-corrected chi connectivity index (χ4v) is 2.24. The molecule has 1 rings (SSSR count). The van der Waals surface area contributed by atoms with Gasteiger partial charge in [-0.15, -0.1) is 6.58 Å². The van der Waals surface area contributed by atoms with Gasteiger partial charge in [0.2, 0.25) is 11.8 Å². The summed E-state index contributed by atoms with van der Waals surface area (Å²) in [6.45, 7) is 7.45. The molecule has 2 N–H and O–H groups in total. The molecular weight excluding hydrogens is 286 g/mol. The van der Waals surface area contributed by atoms with E-state index in [-0.39, 0.29) is 31.4 Å². The van der Waals surface area contributed by atoms with Gasteiger partial charge in [0, 0.05) is 19.6 Å². The van der Waals surface area contributed by atoms with Crippen LogP contribution in [0.2, 0.25) is 0 Å². The normalized spacial score (nSPS) is 18.0. The van der Waals surface area contributed by atoms with Gasteiger partial charge < -0.3 is 20.3 Å². The van der Waals surface area contributed by atoms with Crippen molar-refractivity contribution in [3.8, 4) is 0 Å². The number of rotatable bonds is 9. The monoisotopic (exact) mass is 311 g/mol. The smallest absolute Gasteiger partial charge is 0.325 e. The van der Waals surface area contributed by atoms with Gasteiger partial charge in [-0.2, -0.15) is 0 Å². The molecule has 0 aromatic carbocycles. The van der Waals surface area contributed by atoms with Crippen LogP contribution in [0, 0.1) is 0 Å². The average Bonchev–Trinajstić information content (AvgIpc) is 2.49. The first-order valence-electron chi connectivity index (χ1n) is 7.63. The lowest BCUT2D eigenvalue weighted by Gasteiger charge is -2.33. The third kappa shape index (κ3) is 6.26. The second kappa shape index (κ2) is 9.94. The summed E-state index contributed by atoms with van der Waals surface area (Å²) in [6.07, 6.45) is 3.59. The van der Waals surface area contributed by atoms with Gasteiger partial charge in [-0.25, -0.2) is 0 Å². The van der Waals surface area contributed by atoms with Gasteiger partial charge in [0.15, 0.2) is 0 Å². The van der Waals surface area contributed by atoms with Gasteiger partial charge >= 0.3 is 5.97 Å². The summed E-state index contributed by atoms with van der Waals surface area (Å²) < 4.78 is 4.72. The highest BCUT2D eigenvalue weighted by atomic mass is 16.5. The molecule has 1 unspecified atom stereocenters. The van der Waals surface area contributed by atoms with Crippen molar-refractivity contribution in [2.75, 3.05) is 32.8 Å². The minimum Gasteiger partial charge on any atom is -0.465 e. The summed E-state index contributed by atoms with van der Waals surface area (Å²) >= 11 is 0. The molecule has 0 radical (unpaired) electrons. The Morgan fingerprint density at radius 2 is 2.32 bits per heavy atom. The minimum atomic E-state index is -0.528. The molecular formula is C15H25N3O4. The number of esters is 1. The number of ether oxygens (including phenoxy) is 1. The number of unbranched alkanes of at least 4 members (excludes halogenated alkanes) is 1. The Labute approximate surface area is 131 Å². The lowest BCUT2D eigenvalue weighted by Crippen LogP contribution is -2.56. The van der Waals surface area contributed by atoms with Gasteiger partial charge in [0.25, 0.3) is 0 Å². The number of amides is 2. The number of hydrogen-bond donors (Lipinski definition) is 2. The zero-order chi connectivity index (χ0) is 16.4. The Morgan fingerprint density at radius 3 is 3.00 bits per heavy atom. The summed E-state index contributed by atoms with van der Waals surface area (Å²) in [5, 5.41) is 5.51. The fraction of sp³-hybridized carbons (Fsp3) is 0.667. The minimum absolute atomic E-state index is 0.0240. The molecule has 1 aliphatic rings. The van der Waals surface area contributed by atoms with Crippen LogP contribution in [0.1, 0.15) is 26.2 Å². The van der Waals surface area contributed by atoms with Crippen molar-refractivity contribution < 1.29 is 19.1 Å². The Bertz CT molecular complexity index is 412. The highest BCUT2D eigenvalue weighted by Gasteiger charge is 2.29. The molecule has 1 atom stereocenters. The van der Waals surface area contributed by atoms with E-state index in [1.807, 2.05) is 6.08 Å². The van der Waals surface area contributed by atoms with Crippen LogP contribution in [-0.4, -0.2) is 61.5 Å². The molecule has 0 aromatic heterocycles. The van der Waals surface area contributed by atoms with E-state index in [2.05, 4.69) is 17.2 Å². The van der Waals surface area contributed by atoms with Gasteiger partial charge in [-0.3, -0.25) is 14.4 Å². The molecule has 1 aliphatic heterocycles. The number of carbonyl (C=O) groups excluding carboxylic acids is 3. The van der Waals surface area contributed by atoms with Crippen molar-refractivity contribution in [1.82, 2.24) is 15.5 Å². The Hall–Kier alpha value is -1.89. The maximum absolute atomic E-state index is 12.3. The number of hydrogen-bond acceptors (Lipinski definition) is 5. The van der Waals surface area contributed by atoms with Crippen molar-refractivity contribution >= 4 is 17.8 Å². The molecule has 7 heteroatoms. The van der Waals surface area contributed by atoms with E-state index >= 15 is 0 Å². The molecule has 0 aliphatic carbocycles. The molecule has 0 spiro atoms. The number of piperazine rings is 1. The molecule has 1 saturated heterocycles. The molecule has 0 aromatic rings. The van der Waals surface area contributed by atoms with Crippen LogP contribution in [0.4, 0.5) is 0 Å².